The molecule has 0 aliphatic carbocycles. The number of carbonyl (C=O) groups excluding carboxylic acids is 1. The minimum absolute atomic E-state index is 0.0956. The van der Waals surface area contributed by atoms with Crippen LogP contribution >= 0.6 is 0 Å². The molecule has 8 heteroatoms. The van der Waals surface area contributed by atoms with Gasteiger partial charge in [0.2, 0.25) is 0 Å². The van der Waals surface area contributed by atoms with Crippen molar-refractivity contribution in [1.82, 2.24) is 25.3 Å². The molecule has 134 valence electrons. The SMILES string of the molecule is Cc1nn(C)c(C)c1C(=O)NCCNc1cc(N2CCCC2)cnn1. The summed E-state index contributed by atoms with van der Waals surface area (Å²) >= 11 is 0. The van der Waals surface area contributed by atoms with Crippen LogP contribution in [0.5, 0.6) is 0 Å². The Morgan fingerprint density at radius 1 is 1.24 bits per heavy atom. The third kappa shape index (κ3) is 3.89. The summed E-state index contributed by atoms with van der Waals surface area (Å²) in [6.07, 6.45) is 4.25. The Kier molecular flexibility index (Phi) is 5.16. The lowest BCUT2D eigenvalue weighted by Gasteiger charge is -2.17. The van der Waals surface area contributed by atoms with Gasteiger partial charge >= 0.3 is 0 Å². The minimum atomic E-state index is -0.0956. The summed E-state index contributed by atoms with van der Waals surface area (Å²) in [7, 11) is 1.84. The number of nitrogens with zero attached hydrogens (tertiary/aromatic N) is 5. The standard InChI is InChI=1S/C17H25N7O/c1-12-16(13(2)23(3)22-12)17(25)19-7-6-18-15-10-14(11-20-21-15)24-8-4-5-9-24/h10-11H,4-9H2,1-3H3,(H,18,21)(H,19,25). The predicted octanol–water partition coefficient (Wildman–Crippen LogP) is 1.27. The number of anilines is 2. The van der Waals surface area contributed by atoms with E-state index in [0.29, 0.717) is 18.7 Å². The lowest BCUT2D eigenvalue weighted by atomic mass is 10.2. The first-order valence-corrected chi connectivity index (χ1v) is 8.66. The second-order valence-electron chi connectivity index (χ2n) is 6.35. The van der Waals surface area contributed by atoms with E-state index in [9.17, 15) is 4.79 Å². The van der Waals surface area contributed by atoms with Crippen LogP contribution in [0.2, 0.25) is 0 Å². The van der Waals surface area contributed by atoms with Gasteiger partial charge in [0, 0.05) is 45.0 Å². The normalized spacial score (nSPS) is 14.0. The summed E-state index contributed by atoms with van der Waals surface area (Å²) < 4.78 is 1.72. The van der Waals surface area contributed by atoms with E-state index in [2.05, 4.69) is 30.8 Å². The first kappa shape index (κ1) is 17.2. The fourth-order valence-electron chi connectivity index (χ4n) is 3.15. The Hall–Kier alpha value is -2.64. The van der Waals surface area contributed by atoms with Gasteiger partial charge in [0.25, 0.3) is 5.91 Å². The predicted molar refractivity (Wildman–Crippen MR) is 97.0 cm³/mol. The highest BCUT2D eigenvalue weighted by Crippen LogP contribution is 2.20. The first-order valence-electron chi connectivity index (χ1n) is 8.66. The second kappa shape index (κ2) is 7.50. The van der Waals surface area contributed by atoms with Crippen LogP contribution in [0.3, 0.4) is 0 Å². The van der Waals surface area contributed by atoms with Gasteiger partial charge in [-0.15, -0.1) is 5.10 Å². The zero-order valence-electron chi connectivity index (χ0n) is 15.0. The van der Waals surface area contributed by atoms with Gasteiger partial charge in [-0.3, -0.25) is 9.48 Å². The van der Waals surface area contributed by atoms with E-state index in [4.69, 9.17) is 0 Å². The molecular weight excluding hydrogens is 318 g/mol. The molecule has 1 amide bonds. The van der Waals surface area contributed by atoms with Crippen molar-refractivity contribution in [2.24, 2.45) is 7.05 Å². The highest BCUT2D eigenvalue weighted by atomic mass is 16.1. The molecule has 0 bridgehead atoms. The third-order valence-electron chi connectivity index (χ3n) is 4.56. The van der Waals surface area contributed by atoms with Gasteiger partial charge in [0.15, 0.2) is 5.82 Å². The smallest absolute Gasteiger partial charge is 0.255 e. The van der Waals surface area contributed by atoms with Gasteiger partial charge in [-0.05, 0) is 26.7 Å². The Morgan fingerprint density at radius 2 is 2.00 bits per heavy atom. The molecule has 1 aliphatic rings. The molecule has 1 aliphatic heterocycles. The van der Waals surface area contributed by atoms with Crippen molar-refractivity contribution in [3.63, 3.8) is 0 Å². The lowest BCUT2D eigenvalue weighted by Crippen LogP contribution is -2.29. The monoisotopic (exact) mass is 343 g/mol. The summed E-state index contributed by atoms with van der Waals surface area (Å²) in [6.45, 7) is 6.98. The minimum Gasteiger partial charge on any atom is -0.370 e. The summed E-state index contributed by atoms with van der Waals surface area (Å²) in [5.74, 6) is 0.634. The van der Waals surface area contributed by atoms with Crippen molar-refractivity contribution >= 4 is 17.4 Å². The van der Waals surface area contributed by atoms with Crippen LogP contribution in [0.25, 0.3) is 0 Å². The van der Waals surface area contributed by atoms with Crippen molar-refractivity contribution in [2.45, 2.75) is 26.7 Å². The zero-order valence-corrected chi connectivity index (χ0v) is 15.0. The highest BCUT2D eigenvalue weighted by molar-refractivity contribution is 5.96. The molecule has 8 nitrogen and oxygen atoms in total. The summed E-state index contributed by atoms with van der Waals surface area (Å²) in [4.78, 5) is 14.6. The Bertz CT molecular complexity index is 749. The summed E-state index contributed by atoms with van der Waals surface area (Å²) in [5.41, 5.74) is 3.36. The van der Waals surface area contributed by atoms with Crippen molar-refractivity contribution in [3.05, 3.63) is 29.2 Å². The van der Waals surface area contributed by atoms with Gasteiger partial charge < -0.3 is 15.5 Å². The van der Waals surface area contributed by atoms with Crippen LogP contribution in [0.4, 0.5) is 11.5 Å². The topological polar surface area (TPSA) is 88.0 Å². The fourth-order valence-corrected chi connectivity index (χ4v) is 3.15. The van der Waals surface area contributed by atoms with E-state index in [1.165, 1.54) is 12.8 Å². The molecule has 0 radical (unpaired) electrons. The van der Waals surface area contributed by atoms with Crippen LogP contribution < -0.4 is 15.5 Å². The summed E-state index contributed by atoms with van der Waals surface area (Å²) in [5, 5.41) is 18.6. The van der Waals surface area contributed by atoms with Gasteiger partial charge in [0.1, 0.15) is 0 Å². The number of hydrogen-bond acceptors (Lipinski definition) is 6. The molecule has 0 spiro atoms. The summed E-state index contributed by atoms with van der Waals surface area (Å²) in [6, 6.07) is 2.01. The van der Waals surface area contributed by atoms with Crippen molar-refractivity contribution < 1.29 is 4.79 Å². The van der Waals surface area contributed by atoms with Crippen LogP contribution in [0.15, 0.2) is 12.3 Å². The van der Waals surface area contributed by atoms with Crippen molar-refractivity contribution in [1.29, 1.82) is 0 Å². The van der Waals surface area contributed by atoms with Crippen LogP contribution in [0, 0.1) is 13.8 Å². The molecule has 3 rings (SSSR count). The van der Waals surface area contributed by atoms with Crippen LogP contribution in [0.1, 0.15) is 34.6 Å². The maximum atomic E-state index is 12.3. The quantitative estimate of drug-likeness (QED) is 0.768. The van der Waals surface area contributed by atoms with E-state index in [1.54, 1.807) is 10.9 Å². The lowest BCUT2D eigenvalue weighted by molar-refractivity contribution is 0.0954. The largest absolute Gasteiger partial charge is 0.370 e. The molecule has 25 heavy (non-hydrogen) atoms. The molecule has 2 aromatic rings. The molecule has 0 saturated carbocycles. The molecular formula is C17H25N7O. The van der Waals surface area contributed by atoms with Gasteiger partial charge in [-0.25, -0.2) is 0 Å². The molecule has 1 fully saturated rings. The zero-order chi connectivity index (χ0) is 17.8. The molecule has 0 unspecified atom stereocenters. The molecule has 2 N–H and O–H groups in total. The van der Waals surface area contributed by atoms with Crippen molar-refractivity contribution in [2.75, 3.05) is 36.4 Å². The second-order valence-corrected chi connectivity index (χ2v) is 6.35. The van der Waals surface area contributed by atoms with E-state index in [1.807, 2.05) is 27.0 Å². The average molecular weight is 343 g/mol. The number of aryl methyl sites for hydroxylation is 2. The molecule has 1 saturated heterocycles. The molecule has 0 atom stereocenters. The van der Waals surface area contributed by atoms with Crippen LogP contribution in [-0.4, -0.2) is 52.1 Å². The average Bonchev–Trinajstić information content (AvgIpc) is 3.21. The molecule has 2 aromatic heterocycles. The Labute approximate surface area is 147 Å². The van der Waals surface area contributed by atoms with E-state index in [-0.39, 0.29) is 5.91 Å². The van der Waals surface area contributed by atoms with E-state index < -0.39 is 0 Å². The van der Waals surface area contributed by atoms with E-state index in [0.717, 1.165) is 36.0 Å². The maximum absolute atomic E-state index is 12.3. The number of carbonyl (C=O) groups is 1. The number of hydrogen-bond donors (Lipinski definition) is 2. The van der Waals surface area contributed by atoms with Crippen LogP contribution in [-0.2, 0) is 7.05 Å². The Morgan fingerprint density at radius 3 is 2.68 bits per heavy atom. The highest BCUT2D eigenvalue weighted by Gasteiger charge is 2.17. The number of aromatic nitrogens is 4. The van der Waals surface area contributed by atoms with Gasteiger partial charge in [-0.2, -0.15) is 10.2 Å². The van der Waals surface area contributed by atoms with Gasteiger partial charge in [-0.1, -0.05) is 0 Å². The molecule has 3 heterocycles. The first-order chi connectivity index (χ1) is 12.1. The third-order valence-corrected chi connectivity index (χ3v) is 4.56. The van der Waals surface area contributed by atoms with Crippen molar-refractivity contribution in [3.8, 4) is 0 Å². The number of amides is 1. The number of rotatable bonds is 6. The van der Waals surface area contributed by atoms with E-state index >= 15 is 0 Å². The number of nitrogens with one attached hydrogen (secondary N) is 2. The Balaban J connectivity index is 1.50. The van der Waals surface area contributed by atoms with Gasteiger partial charge in [0.05, 0.1) is 23.1 Å². The maximum Gasteiger partial charge on any atom is 0.255 e. The fraction of sp³-hybridized carbons (Fsp3) is 0.529. The molecule has 0 aromatic carbocycles.